The number of hydrogen-bond acceptors (Lipinski definition) is 2. The van der Waals surface area contributed by atoms with Crippen LogP contribution in [0.1, 0.15) is 48.0 Å². The zero-order chi connectivity index (χ0) is 13.7. The molecule has 1 unspecified atom stereocenters. The van der Waals surface area contributed by atoms with E-state index >= 15 is 0 Å². The first-order valence-corrected chi connectivity index (χ1v) is 6.10. The quantitative estimate of drug-likeness (QED) is 0.752. The van der Waals surface area contributed by atoms with Gasteiger partial charge in [0.2, 0.25) is 5.91 Å². The van der Waals surface area contributed by atoms with E-state index in [1.54, 1.807) is 6.08 Å². The third kappa shape index (κ3) is 8.93. The van der Waals surface area contributed by atoms with Crippen molar-refractivity contribution in [3.63, 3.8) is 0 Å². The lowest BCUT2D eigenvalue weighted by atomic mass is 9.88. The number of ether oxygens (including phenoxy) is 1. The van der Waals surface area contributed by atoms with Crippen molar-refractivity contribution in [2.75, 3.05) is 6.61 Å². The molecule has 0 saturated heterocycles. The SMILES string of the molecule is C=CCOC(CC(C)(C)C)C(=O)NC(C)(C)C. The molecule has 1 atom stereocenters. The Hall–Kier alpha value is -0.830. The van der Waals surface area contributed by atoms with Crippen LogP contribution in [0.5, 0.6) is 0 Å². The molecule has 0 aromatic heterocycles. The molecule has 0 heterocycles. The number of nitrogens with one attached hydrogen (secondary N) is 1. The van der Waals surface area contributed by atoms with Crippen molar-refractivity contribution in [2.24, 2.45) is 5.41 Å². The summed E-state index contributed by atoms with van der Waals surface area (Å²) < 4.78 is 5.54. The van der Waals surface area contributed by atoms with Gasteiger partial charge in [0.15, 0.2) is 0 Å². The van der Waals surface area contributed by atoms with E-state index in [0.717, 1.165) is 0 Å². The summed E-state index contributed by atoms with van der Waals surface area (Å²) in [5, 5.41) is 2.95. The highest BCUT2D eigenvalue weighted by Crippen LogP contribution is 2.23. The molecular formula is C14H27NO2. The maximum Gasteiger partial charge on any atom is 0.249 e. The summed E-state index contributed by atoms with van der Waals surface area (Å²) in [5.74, 6) is -0.0470. The second-order valence-corrected chi connectivity index (χ2v) is 6.61. The largest absolute Gasteiger partial charge is 0.364 e. The van der Waals surface area contributed by atoms with Crippen molar-refractivity contribution in [1.82, 2.24) is 5.32 Å². The molecule has 3 nitrogen and oxygen atoms in total. The number of carbonyl (C=O) groups excluding carboxylic acids is 1. The van der Waals surface area contributed by atoms with Crippen LogP contribution < -0.4 is 5.32 Å². The van der Waals surface area contributed by atoms with E-state index in [9.17, 15) is 4.79 Å². The van der Waals surface area contributed by atoms with Crippen LogP contribution in [0.25, 0.3) is 0 Å². The molecule has 0 saturated carbocycles. The first-order chi connectivity index (χ1) is 7.55. The molecule has 100 valence electrons. The van der Waals surface area contributed by atoms with Gasteiger partial charge in [0, 0.05) is 5.54 Å². The van der Waals surface area contributed by atoms with Gasteiger partial charge in [-0.3, -0.25) is 4.79 Å². The third-order valence-corrected chi connectivity index (χ3v) is 2.00. The fourth-order valence-electron chi connectivity index (χ4n) is 1.42. The molecule has 0 aromatic rings. The smallest absolute Gasteiger partial charge is 0.249 e. The summed E-state index contributed by atoms with van der Waals surface area (Å²) >= 11 is 0. The minimum Gasteiger partial charge on any atom is -0.364 e. The van der Waals surface area contributed by atoms with E-state index in [-0.39, 0.29) is 16.9 Å². The molecule has 0 rings (SSSR count). The molecule has 1 amide bonds. The number of amides is 1. The zero-order valence-electron chi connectivity index (χ0n) is 12.1. The Bertz CT molecular complexity index is 258. The second kappa shape index (κ2) is 6.20. The molecule has 0 aromatic carbocycles. The van der Waals surface area contributed by atoms with Crippen LogP contribution in [0.3, 0.4) is 0 Å². The van der Waals surface area contributed by atoms with Crippen molar-refractivity contribution in [3.8, 4) is 0 Å². The van der Waals surface area contributed by atoms with Gasteiger partial charge in [-0.2, -0.15) is 0 Å². The number of carbonyl (C=O) groups is 1. The maximum absolute atomic E-state index is 12.1. The summed E-state index contributed by atoms with van der Waals surface area (Å²) in [6, 6.07) is 0. The molecule has 0 aliphatic carbocycles. The Balaban J connectivity index is 4.56. The van der Waals surface area contributed by atoms with Crippen LogP contribution in [-0.2, 0) is 9.53 Å². The van der Waals surface area contributed by atoms with Gasteiger partial charge in [-0.1, -0.05) is 26.8 Å². The molecule has 0 aliphatic rings. The highest BCUT2D eigenvalue weighted by Gasteiger charge is 2.27. The van der Waals surface area contributed by atoms with E-state index < -0.39 is 6.10 Å². The van der Waals surface area contributed by atoms with Crippen LogP contribution in [0, 0.1) is 5.41 Å². The lowest BCUT2D eigenvalue weighted by molar-refractivity contribution is -0.135. The predicted octanol–water partition coefficient (Wildman–Crippen LogP) is 2.91. The van der Waals surface area contributed by atoms with Gasteiger partial charge in [-0.25, -0.2) is 0 Å². The molecule has 3 heteroatoms. The zero-order valence-corrected chi connectivity index (χ0v) is 12.1. The second-order valence-electron chi connectivity index (χ2n) is 6.61. The highest BCUT2D eigenvalue weighted by atomic mass is 16.5. The highest BCUT2D eigenvalue weighted by molar-refractivity contribution is 5.81. The van der Waals surface area contributed by atoms with Crippen LogP contribution in [0.4, 0.5) is 0 Å². The Kier molecular flexibility index (Phi) is 5.89. The Labute approximate surface area is 106 Å². The molecule has 0 bridgehead atoms. The summed E-state index contributed by atoms with van der Waals surface area (Å²) in [7, 11) is 0. The van der Waals surface area contributed by atoms with Crippen molar-refractivity contribution >= 4 is 5.91 Å². The third-order valence-electron chi connectivity index (χ3n) is 2.00. The molecular weight excluding hydrogens is 214 g/mol. The Morgan fingerprint density at radius 3 is 2.18 bits per heavy atom. The van der Waals surface area contributed by atoms with E-state index in [1.807, 2.05) is 20.8 Å². The normalized spacial score (nSPS) is 14.2. The summed E-state index contributed by atoms with van der Waals surface area (Å²) in [4.78, 5) is 12.1. The topological polar surface area (TPSA) is 38.3 Å². The number of rotatable bonds is 5. The fourth-order valence-corrected chi connectivity index (χ4v) is 1.42. The average molecular weight is 241 g/mol. The van der Waals surface area contributed by atoms with Gasteiger partial charge in [0.1, 0.15) is 6.10 Å². The Morgan fingerprint density at radius 2 is 1.82 bits per heavy atom. The van der Waals surface area contributed by atoms with Crippen LogP contribution in [-0.4, -0.2) is 24.2 Å². The molecule has 0 radical (unpaired) electrons. The van der Waals surface area contributed by atoms with E-state index in [4.69, 9.17) is 4.74 Å². The van der Waals surface area contributed by atoms with Gasteiger partial charge in [-0.05, 0) is 32.6 Å². The standard InChI is InChI=1S/C14H27NO2/c1-8-9-17-11(10-13(2,3)4)12(16)15-14(5,6)7/h8,11H,1,9-10H2,2-7H3,(H,15,16). The maximum atomic E-state index is 12.1. The summed E-state index contributed by atoms with van der Waals surface area (Å²) in [6.07, 6.45) is 1.95. The van der Waals surface area contributed by atoms with Gasteiger partial charge in [0.05, 0.1) is 6.61 Å². The van der Waals surface area contributed by atoms with Crippen LogP contribution >= 0.6 is 0 Å². The first kappa shape index (κ1) is 16.2. The van der Waals surface area contributed by atoms with Gasteiger partial charge < -0.3 is 10.1 Å². The molecule has 0 fully saturated rings. The molecule has 17 heavy (non-hydrogen) atoms. The molecule has 1 N–H and O–H groups in total. The van der Waals surface area contributed by atoms with Crippen molar-refractivity contribution in [3.05, 3.63) is 12.7 Å². The monoisotopic (exact) mass is 241 g/mol. The van der Waals surface area contributed by atoms with Gasteiger partial charge >= 0.3 is 0 Å². The lowest BCUT2D eigenvalue weighted by Gasteiger charge is -2.28. The lowest BCUT2D eigenvalue weighted by Crippen LogP contribution is -2.47. The van der Waals surface area contributed by atoms with Crippen molar-refractivity contribution in [1.29, 1.82) is 0 Å². The fraction of sp³-hybridized carbons (Fsp3) is 0.786. The van der Waals surface area contributed by atoms with Crippen molar-refractivity contribution in [2.45, 2.75) is 59.6 Å². The molecule has 0 aliphatic heterocycles. The molecule has 0 spiro atoms. The van der Waals surface area contributed by atoms with E-state index in [1.165, 1.54) is 0 Å². The summed E-state index contributed by atoms with van der Waals surface area (Å²) in [5.41, 5.74) is -0.175. The number of hydrogen-bond donors (Lipinski definition) is 1. The van der Waals surface area contributed by atoms with Gasteiger partial charge in [0.25, 0.3) is 0 Å². The average Bonchev–Trinajstić information content (AvgIpc) is 2.07. The van der Waals surface area contributed by atoms with E-state index in [2.05, 4.69) is 32.7 Å². The first-order valence-electron chi connectivity index (χ1n) is 6.10. The Morgan fingerprint density at radius 1 is 1.29 bits per heavy atom. The minimum absolute atomic E-state index is 0.0470. The van der Waals surface area contributed by atoms with Gasteiger partial charge in [-0.15, -0.1) is 6.58 Å². The summed E-state index contributed by atoms with van der Waals surface area (Å²) in [6.45, 7) is 16.2. The van der Waals surface area contributed by atoms with E-state index in [0.29, 0.717) is 13.0 Å². The van der Waals surface area contributed by atoms with Crippen LogP contribution in [0.2, 0.25) is 0 Å². The van der Waals surface area contributed by atoms with Crippen molar-refractivity contribution < 1.29 is 9.53 Å². The minimum atomic E-state index is -0.410. The predicted molar refractivity (Wildman–Crippen MR) is 71.9 cm³/mol. The van der Waals surface area contributed by atoms with Crippen LogP contribution in [0.15, 0.2) is 12.7 Å².